The van der Waals surface area contributed by atoms with Crippen LogP contribution in [0.4, 0.5) is 0 Å². The molecule has 0 atom stereocenters. The molecule has 31 heavy (non-hydrogen) atoms. The van der Waals surface area contributed by atoms with E-state index in [9.17, 15) is 4.79 Å². The minimum atomic E-state index is 0.0874. The average molecular weight is 419 g/mol. The number of hydrogen-bond acceptors (Lipinski definition) is 1. The summed E-state index contributed by atoms with van der Waals surface area (Å²) in [7, 11) is 0. The third-order valence-corrected chi connectivity index (χ3v) is 6.15. The summed E-state index contributed by atoms with van der Waals surface area (Å²) >= 11 is 0. The molecule has 2 aromatic carbocycles. The molecule has 0 aliphatic heterocycles. The molecule has 0 aliphatic carbocycles. The normalized spacial score (nSPS) is 11.4. The number of rotatable bonds is 14. The molecule has 2 rings (SSSR count). The van der Waals surface area contributed by atoms with Crippen molar-refractivity contribution >= 4 is 11.9 Å². The molecular formula is C30H42O. The quantitative estimate of drug-likeness (QED) is 0.170. The summed E-state index contributed by atoms with van der Waals surface area (Å²) in [5, 5.41) is 0. The van der Waals surface area contributed by atoms with Crippen molar-refractivity contribution in [3.8, 4) is 0 Å². The molecule has 0 bridgehead atoms. The maximum Gasteiger partial charge on any atom is 0.186 e. The van der Waals surface area contributed by atoms with E-state index in [0.717, 1.165) is 28.7 Å². The summed E-state index contributed by atoms with van der Waals surface area (Å²) in [6.07, 6.45) is 18.6. The van der Waals surface area contributed by atoms with Gasteiger partial charge in [-0.15, -0.1) is 0 Å². The Bertz CT molecular complexity index is 803. The number of aryl methyl sites for hydroxylation is 4. The Balaban J connectivity index is 1.70. The first kappa shape index (κ1) is 25.1. The highest BCUT2D eigenvalue weighted by Gasteiger charge is 2.10. The number of carbonyl (C=O) groups is 1. The summed E-state index contributed by atoms with van der Waals surface area (Å²) in [6, 6.07) is 12.8. The van der Waals surface area contributed by atoms with Gasteiger partial charge in [0.2, 0.25) is 0 Å². The van der Waals surface area contributed by atoms with Crippen molar-refractivity contribution in [2.45, 2.75) is 98.3 Å². The molecule has 1 heteroatoms. The highest BCUT2D eigenvalue weighted by Crippen LogP contribution is 2.18. The molecule has 168 valence electrons. The van der Waals surface area contributed by atoms with Gasteiger partial charge in [0, 0.05) is 5.56 Å². The fraction of sp³-hybridized carbons (Fsp3) is 0.500. The van der Waals surface area contributed by atoms with Gasteiger partial charge in [0.1, 0.15) is 0 Å². The van der Waals surface area contributed by atoms with E-state index in [1.165, 1.54) is 75.3 Å². The van der Waals surface area contributed by atoms with Crippen LogP contribution in [-0.4, -0.2) is 5.78 Å². The zero-order valence-corrected chi connectivity index (χ0v) is 20.3. The monoisotopic (exact) mass is 418 g/mol. The molecule has 0 heterocycles. The second-order valence-corrected chi connectivity index (χ2v) is 9.14. The number of carbonyl (C=O) groups excluding carboxylic acids is 1. The maximum absolute atomic E-state index is 12.7. The summed E-state index contributed by atoms with van der Waals surface area (Å²) in [6.45, 7) is 8.38. The van der Waals surface area contributed by atoms with E-state index >= 15 is 0 Å². The Morgan fingerprint density at radius 2 is 1.26 bits per heavy atom. The van der Waals surface area contributed by atoms with Crippen LogP contribution in [0.25, 0.3) is 6.08 Å². The van der Waals surface area contributed by atoms with Crippen LogP contribution in [0.1, 0.15) is 109 Å². The Hall–Kier alpha value is -2.15. The second kappa shape index (κ2) is 14.0. The van der Waals surface area contributed by atoms with E-state index in [2.05, 4.69) is 50.2 Å². The lowest BCUT2D eigenvalue weighted by Crippen LogP contribution is -2.02. The molecule has 0 amide bonds. The molecule has 0 radical (unpaired) electrons. The van der Waals surface area contributed by atoms with E-state index in [1.807, 2.05) is 19.9 Å². The Kier molecular flexibility index (Phi) is 11.4. The molecule has 0 aromatic heterocycles. The maximum atomic E-state index is 12.7. The average Bonchev–Trinajstić information content (AvgIpc) is 2.73. The van der Waals surface area contributed by atoms with Crippen LogP contribution in [0.5, 0.6) is 0 Å². The molecule has 0 fully saturated rings. The molecule has 0 saturated heterocycles. The molecule has 0 aliphatic rings. The highest BCUT2D eigenvalue weighted by atomic mass is 16.1. The van der Waals surface area contributed by atoms with Gasteiger partial charge in [-0.05, 0) is 61.9 Å². The predicted molar refractivity (Wildman–Crippen MR) is 136 cm³/mol. The van der Waals surface area contributed by atoms with Gasteiger partial charge in [0.05, 0.1) is 0 Å². The Labute approximate surface area is 191 Å². The topological polar surface area (TPSA) is 17.1 Å². The first-order valence-electron chi connectivity index (χ1n) is 12.4. The van der Waals surface area contributed by atoms with Crippen LogP contribution in [0.15, 0.2) is 42.5 Å². The van der Waals surface area contributed by atoms with E-state index in [4.69, 9.17) is 0 Å². The molecule has 0 saturated carbocycles. The lowest BCUT2D eigenvalue weighted by atomic mass is 9.96. The lowest BCUT2D eigenvalue weighted by Gasteiger charge is -2.08. The summed E-state index contributed by atoms with van der Waals surface area (Å²) in [4.78, 5) is 12.7. The summed E-state index contributed by atoms with van der Waals surface area (Å²) < 4.78 is 0. The number of ketones is 1. The summed E-state index contributed by atoms with van der Waals surface area (Å²) in [5.41, 5.74) is 6.63. The van der Waals surface area contributed by atoms with Gasteiger partial charge in [-0.2, -0.15) is 0 Å². The van der Waals surface area contributed by atoms with Gasteiger partial charge < -0.3 is 0 Å². The standard InChI is InChI=1S/C30H42O/c1-5-6-7-8-9-10-11-12-13-14-15-27-16-18-28(19-17-27)20-21-29(31)30-25(3)22-24(2)23-26(30)4/h16-23H,5-15H2,1-4H3. The van der Waals surface area contributed by atoms with Gasteiger partial charge in [0.15, 0.2) is 5.78 Å². The van der Waals surface area contributed by atoms with Crippen molar-refractivity contribution in [3.05, 3.63) is 75.9 Å². The minimum Gasteiger partial charge on any atom is -0.289 e. The van der Waals surface area contributed by atoms with Crippen LogP contribution in [0, 0.1) is 20.8 Å². The largest absolute Gasteiger partial charge is 0.289 e. The zero-order valence-electron chi connectivity index (χ0n) is 20.3. The number of benzene rings is 2. The van der Waals surface area contributed by atoms with Gasteiger partial charge >= 0.3 is 0 Å². The summed E-state index contributed by atoms with van der Waals surface area (Å²) in [5.74, 6) is 0.0874. The van der Waals surface area contributed by atoms with Crippen LogP contribution < -0.4 is 0 Å². The molecule has 2 aromatic rings. The first-order chi connectivity index (χ1) is 15.0. The lowest BCUT2D eigenvalue weighted by molar-refractivity contribution is 0.104. The van der Waals surface area contributed by atoms with E-state index in [0.29, 0.717) is 0 Å². The zero-order chi connectivity index (χ0) is 22.5. The van der Waals surface area contributed by atoms with Crippen molar-refractivity contribution in [1.29, 1.82) is 0 Å². The van der Waals surface area contributed by atoms with Crippen molar-refractivity contribution in [2.24, 2.45) is 0 Å². The van der Waals surface area contributed by atoms with E-state index < -0.39 is 0 Å². The minimum absolute atomic E-state index is 0.0874. The SMILES string of the molecule is CCCCCCCCCCCCc1ccc(C=CC(=O)c2c(C)cc(C)cc2C)cc1. The van der Waals surface area contributed by atoms with Gasteiger partial charge in [-0.25, -0.2) is 0 Å². The molecule has 1 nitrogen and oxygen atoms in total. The van der Waals surface area contributed by atoms with E-state index in [-0.39, 0.29) is 5.78 Å². The van der Waals surface area contributed by atoms with Crippen LogP contribution >= 0.6 is 0 Å². The third-order valence-electron chi connectivity index (χ3n) is 6.15. The van der Waals surface area contributed by atoms with Gasteiger partial charge in [-0.1, -0.05) is 113 Å². The van der Waals surface area contributed by atoms with Crippen molar-refractivity contribution < 1.29 is 4.79 Å². The smallest absolute Gasteiger partial charge is 0.186 e. The number of allylic oxidation sites excluding steroid dienone is 1. The first-order valence-corrected chi connectivity index (χ1v) is 12.4. The second-order valence-electron chi connectivity index (χ2n) is 9.14. The van der Waals surface area contributed by atoms with Crippen LogP contribution in [0.3, 0.4) is 0 Å². The van der Waals surface area contributed by atoms with Gasteiger partial charge in [0.25, 0.3) is 0 Å². The predicted octanol–water partition coefficient (Wildman–Crippen LogP) is 8.97. The third kappa shape index (κ3) is 9.25. The van der Waals surface area contributed by atoms with Crippen LogP contribution in [-0.2, 0) is 6.42 Å². The van der Waals surface area contributed by atoms with Crippen molar-refractivity contribution in [1.82, 2.24) is 0 Å². The Morgan fingerprint density at radius 1 is 0.742 bits per heavy atom. The van der Waals surface area contributed by atoms with Crippen molar-refractivity contribution in [3.63, 3.8) is 0 Å². The fourth-order valence-electron chi connectivity index (χ4n) is 4.44. The Morgan fingerprint density at radius 3 is 1.81 bits per heavy atom. The van der Waals surface area contributed by atoms with Crippen LogP contribution in [0.2, 0.25) is 0 Å². The highest BCUT2D eigenvalue weighted by molar-refractivity contribution is 6.08. The number of hydrogen-bond donors (Lipinski definition) is 0. The fourth-order valence-corrected chi connectivity index (χ4v) is 4.44. The molecule has 0 spiro atoms. The van der Waals surface area contributed by atoms with Crippen molar-refractivity contribution in [2.75, 3.05) is 0 Å². The molecule has 0 N–H and O–H groups in total. The number of unbranched alkanes of at least 4 members (excludes halogenated alkanes) is 9. The van der Waals surface area contributed by atoms with Gasteiger partial charge in [-0.3, -0.25) is 4.79 Å². The molecule has 0 unspecified atom stereocenters. The molecular weight excluding hydrogens is 376 g/mol. The van der Waals surface area contributed by atoms with E-state index in [1.54, 1.807) is 6.08 Å².